The number of nitrogens with one attached hydrogen (secondary N) is 2. The van der Waals surface area contributed by atoms with E-state index in [1.54, 1.807) is 0 Å². The summed E-state index contributed by atoms with van der Waals surface area (Å²) in [5.74, 6) is 0. The average molecular weight is 469 g/mol. The van der Waals surface area contributed by atoms with E-state index >= 15 is 0 Å². The van der Waals surface area contributed by atoms with Crippen molar-refractivity contribution in [3.8, 4) is 0 Å². The Kier molecular flexibility index (Phi) is 11.5. The zero-order chi connectivity index (χ0) is 24.2. The van der Waals surface area contributed by atoms with Crippen LogP contribution in [0.5, 0.6) is 0 Å². The van der Waals surface area contributed by atoms with Gasteiger partial charge in [-0.3, -0.25) is 4.99 Å². The van der Waals surface area contributed by atoms with E-state index in [4.69, 9.17) is 11.6 Å². The lowest BCUT2D eigenvalue weighted by Gasteiger charge is -2.37. The van der Waals surface area contributed by atoms with Gasteiger partial charge in [-0.15, -0.1) is 0 Å². The Bertz CT molecular complexity index is 908. The summed E-state index contributed by atoms with van der Waals surface area (Å²) >= 11 is 6.86. The molecule has 2 N–H and O–H groups in total. The number of rotatable bonds is 9. The second-order valence-corrected chi connectivity index (χ2v) is 9.18. The highest BCUT2D eigenvalue weighted by atomic mass is 35.5. The molecule has 0 aromatic rings. The summed E-state index contributed by atoms with van der Waals surface area (Å²) in [6.07, 6.45) is 19.0. The molecule has 0 amide bonds. The molecule has 1 fully saturated rings. The van der Waals surface area contributed by atoms with Crippen LogP contribution in [-0.4, -0.2) is 42.8 Å². The van der Waals surface area contributed by atoms with E-state index in [-0.39, 0.29) is 0 Å². The first kappa shape index (κ1) is 26.9. The first-order valence-corrected chi connectivity index (χ1v) is 12.5. The molecule has 180 valence electrons. The summed E-state index contributed by atoms with van der Waals surface area (Å²) in [4.78, 5) is 7.05. The molecule has 1 saturated heterocycles. The highest BCUT2D eigenvalue weighted by Crippen LogP contribution is 2.25. The molecule has 2 rings (SSSR count). The Hall–Kier alpha value is -2.30. The highest BCUT2D eigenvalue weighted by Gasteiger charge is 2.22. The minimum Gasteiger partial charge on any atom is -0.380 e. The van der Waals surface area contributed by atoms with E-state index in [2.05, 4.69) is 91.6 Å². The Morgan fingerprint density at radius 2 is 2.09 bits per heavy atom. The van der Waals surface area contributed by atoms with Crippen molar-refractivity contribution >= 4 is 17.3 Å². The summed E-state index contributed by atoms with van der Waals surface area (Å²) in [7, 11) is 0. The molecule has 0 radical (unpaired) electrons. The largest absolute Gasteiger partial charge is 0.380 e. The van der Waals surface area contributed by atoms with Crippen LogP contribution in [0.25, 0.3) is 0 Å². The highest BCUT2D eigenvalue weighted by molar-refractivity contribution is 6.31. The van der Waals surface area contributed by atoms with Crippen LogP contribution in [-0.2, 0) is 0 Å². The molecule has 0 aromatic heterocycles. The number of unbranched alkanes of at least 4 members (excludes halogenated alkanes) is 1. The van der Waals surface area contributed by atoms with Crippen LogP contribution in [0.4, 0.5) is 0 Å². The molecule has 0 spiro atoms. The molecule has 5 heteroatoms. The van der Waals surface area contributed by atoms with Gasteiger partial charge < -0.3 is 15.5 Å². The smallest absolute Gasteiger partial charge is 0.0788 e. The maximum Gasteiger partial charge on any atom is 0.0788 e. The van der Waals surface area contributed by atoms with Gasteiger partial charge in [0.25, 0.3) is 0 Å². The van der Waals surface area contributed by atoms with Crippen molar-refractivity contribution in [2.75, 3.05) is 26.2 Å². The summed E-state index contributed by atoms with van der Waals surface area (Å²) in [5.41, 5.74) is 6.70. The summed E-state index contributed by atoms with van der Waals surface area (Å²) in [5, 5.41) is 7.95. The van der Waals surface area contributed by atoms with Gasteiger partial charge in [-0.1, -0.05) is 60.9 Å². The second kappa shape index (κ2) is 14.1. The van der Waals surface area contributed by atoms with Crippen molar-refractivity contribution in [2.24, 2.45) is 4.99 Å². The van der Waals surface area contributed by atoms with Crippen LogP contribution in [0.2, 0.25) is 0 Å². The Morgan fingerprint density at radius 1 is 1.30 bits per heavy atom. The van der Waals surface area contributed by atoms with E-state index in [0.29, 0.717) is 12.6 Å². The van der Waals surface area contributed by atoms with Crippen molar-refractivity contribution in [2.45, 2.75) is 60.4 Å². The Balaban J connectivity index is 2.28. The van der Waals surface area contributed by atoms with Gasteiger partial charge >= 0.3 is 0 Å². The predicted molar refractivity (Wildman–Crippen MR) is 146 cm³/mol. The molecule has 1 heterocycles. The van der Waals surface area contributed by atoms with Gasteiger partial charge in [0.05, 0.1) is 22.1 Å². The quantitative estimate of drug-likeness (QED) is 0.385. The lowest BCUT2D eigenvalue weighted by atomic mass is 9.98. The number of halogens is 1. The number of aliphatic imine (C=N–C) groups is 1. The third kappa shape index (κ3) is 8.53. The topological polar surface area (TPSA) is 39.7 Å². The molecule has 33 heavy (non-hydrogen) atoms. The predicted octanol–water partition coefficient (Wildman–Crippen LogP) is 6.39. The van der Waals surface area contributed by atoms with Gasteiger partial charge in [-0.25, -0.2) is 0 Å². The van der Waals surface area contributed by atoms with E-state index in [1.807, 2.05) is 19.2 Å². The molecule has 1 unspecified atom stereocenters. The van der Waals surface area contributed by atoms with E-state index < -0.39 is 0 Å². The van der Waals surface area contributed by atoms with Gasteiger partial charge in [0.1, 0.15) is 0 Å². The Morgan fingerprint density at radius 3 is 2.73 bits per heavy atom. The SMILES string of the molecule is C\C=C/N=C1\C=C(CNC(=C/C)/C(=C(/Cl)C=C(C)C)N2CCNC(C)C2)C=C\C1=C/CCC. The number of hydrogen-bond donors (Lipinski definition) is 2. The molecular formula is C28H41ClN4. The molecule has 1 aliphatic heterocycles. The van der Waals surface area contributed by atoms with Crippen LogP contribution >= 0.6 is 11.6 Å². The molecule has 0 saturated carbocycles. The second-order valence-electron chi connectivity index (χ2n) is 8.77. The van der Waals surface area contributed by atoms with E-state index in [9.17, 15) is 0 Å². The molecule has 2 aliphatic rings. The number of hydrogen-bond acceptors (Lipinski definition) is 4. The fourth-order valence-corrected chi connectivity index (χ4v) is 4.30. The number of nitrogens with zero attached hydrogens (tertiary/aromatic N) is 2. The lowest BCUT2D eigenvalue weighted by molar-refractivity contribution is 0.257. The first-order valence-electron chi connectivity index (χ1n) is 12.1. The molecule has 4 nitrogen and oxygen atoms in total. The van der Waals surface area contributed by atoms with E-state index in [1.165, 1.54) is 16.7 Å². The van der Waals surface area contributed by atoms with Crippen LogP contribution in [0, 0.1) is 0 Å². The van der Waals surface area contributed by atoms with Crippen LogP contribution < -0.4 is 10.6 Å². The number of piperazine rings is 1. The lowest BCUT2D eigenvalue weighted by Crippen LogP contribution is -2.49. The summed E-state index contributed by atoms with van der Waals surface area (Å²) in [6, 6.07) is 0.422. The van der Waals surface area contributed by atoms with Crippen molar-refractivity contribution in [3.05, 3.63) is 81.9 Å². The molecule has 1 aliphatic carbocycles. The molecule has 0 bridgehead atoms. The van der Waals surface area contributed by atoms with Crippen molar-refractivity contribution in [1.82, 2.24) is 15.5 Å². The zero-order valence-corrected chi connectivity index (χ0v) is 22.0. The number of allylic oxidation sites excluding steroid dienone is 9. The normalized spacial score (nSPS) is 22.6. The Labute approximate surface area is 206 Å². The van der Waals surface area contributed by atoms with Crippen LogP contribution in [0.15, 0.2) is 86.9 Å². The minimum absolute atomic E-state index is 0.422. The van der Waals surface area contributed by atoms with E-state index in [0.717, 1.165) is 54.6 Å². The van der Waals surface area contributed by atoms with Gasteiger partial charge in [-0.05, 0) is 64.3 Å². The van der Waals surface area contributed by atoms with Gasteiger partial charge in [0, 0.05) is 38.4 Å². The van der Waals surface area contributed by atoms with Crippen LogP contribution in [0.1, 0.15) is 54.4 Å². The first-order chi connectivity index (χ1) is 15.9. The van der Waals surface area contributed by atoms with Crippen molar-refractivity contribution in [3.63, 3.8) is 0 Å². The summed E-state index contributed by atoms with van der Waals surface area (Å²) < 4.78 is 0. The zero-order valence-electron chi connectivity index (χ0n) is 21.2. The van der Waals surface area contributed by atoms with Gasteiger partial charge in [0.15, 0.2) is 0 Å². The van der Waals surface area contributed by atoms with Gasteiger partial charge in [0.2, 0.25) is 0 Å². The van der Waals surface area contributed by atoms with Crippen molar-refractivity contribution in [1.29, 1.82) is 0 Å². The van der Waals surface area contributed by atoms with Gasteiger partial charge in [-0.2, -0.15) is 0 Å². The fraction of sp³-hybridized carbons (Fsp3) is 0.464. The fourth-order valence-electron chi connectivity index (χ4n) is 3.87. The maximum atomic E-state index is 6.86. The molecule has 1 atom stereocenters. The minimum atomic E-state index is 0.422. The molecule has 0 aromatic carbocycles. The summed E-state index contributed by atoms with van der Waals surface area (Å²) in [6.45, 7) is 16.1. The van der Waals surface area contributed by atoms with Crippen LogP contribution in [0.3, 0.4) is 0 Å². The standard InChI is InChI=1S/C28H41ClN4/c1-7-10-11-24-13-12-23(18-27(24)31-14-8-2)19-32-26(9-3)28(25(29)17-21(4)5)33-16-15-30-22(6)20-33/h8-9,11-14,17-18,22,30,32H,7,10,15-16,19-20H2,1-6H3/b14-8-,24-11+,26-9+,28-25-,31-27+. The van der Waals surface area contributed by atoms with Crippen molar-refractivity contribution < 1.29 is 0 Å². The third-order valence-electron chi connectivity index (χ3n) is 5.46. The maximum absolute atomic E-state index is 6.86. The molecular weight excluding hydrogens is 428 g/mol. The monoisotopic (exact) mass is 468 g/mol. The average Bonchev–Trinajstić information content (AvgIpc) is 2.78. The third-order valence-corrected chi connectivity index (χ3v) is 5.75.